The molecule has 0 spiro atoms. The number of hydrogen-bond acceptors (Lipinski definition) is 6. The molecule has 0 amide bonds. The van der Waals surface area contributed by atoms with E-state index in [1.165, 1.54) is 0 Å². The van der Waals surface area contributed by atoms with Crippen molar-refractivity contribution in [2.24, 2.45) is 0 Å². The van der Waals surface area contributed by atoms with E-state index in [0.717, 1.165) is 16.9 Å². The number of nitrogens with zero attached hydrogens (tertiary/aromatic N) is 1. The lowest BCUT2D eigenvalue weighted by Crippen LogP contribution is -2.43. The van der Waals surface area contributed by atoms with Crippen molar-refractivity contribution in [1.82, 2.24) is 4.90 Å². The topological polar surface area (TPSA) is 71.5 Å². The van der Waals surface area contributed by atoms with Gasteiger partial charge in [-0.15, -0.1) is 11.3 Å². The highest BCUT2D eigenvalue weighted by molar-refractivity contribution is 7.97. The zero-order valence-electron chi connectivity index (χ0n) is 13.2. The normalized spacial score (nSPS) is 23.6. The first-order valence-corrected chi connectivity index (χ1v) is 11.8. The second-order valence-corrected chi connectivity index (χ2v) is 11.6. The van der Waals surface area contributed by atoms with Gasteiger partial charge in [-0.3, -0.25) is 4.90 Å². The van der Waals surface area contributed by atoms with Crippen molar-refractivity contribution < 1.29 is 16.8 Å². The van der Waals surface area contributed by atoms with Gasteiger partial charge in [0.15, 0.2) is 19.7 Å². The van der Waals surface area contributed by atoms with Crippen molar-refractivity contribution in [3.8, 4) is 0 Å². The largest absolute Gasteiger partial charge is 0.297 e. The fraction of sp³-hybridized carbons (Fsp3) is 0.375. The highest BCUT2D eigenvalue weighted by Gasteiger charge is 2.47. The molecule has 2 aromatic rings. The van der Waals surface area contributed by atoms with Crippen LogP contribution < -0.4 is 0 Å². The molecule has 1 saturated heterocycles. The van der Waals surface area contributed by atoms with Crippen LogP contribution in [0.3, 0.4) is 0 Å². The van der Waals surface area contributed by atoms with E-state index in [4.69, 9.17) is 0 Å². The van der Waals surface area contributed by atoms with Crippen molar-refractivity contribution in [2.75, 3.05) is 18.6 Å². The first-order chi connectivity index (χ1) is 11.3. The highest BCUT2D eigenvalue weighted by Crippen LogP contribution is 2.31. The van der Waals surface area contributed by atoms with E-state index in [-0.39, 0.29) is 15.7 Å². The van der Waals surface area contributed by atoms with E-state index in [0.29, 0.717) is 6.54 Å². The smallest absolute Gasteiger partial charge is 0.193 e. The van der Waals surface area contributed by atoms with Crippen LogP contribution in [0.5, 0.6) is 0 Å². The number of hydrogen-bond donors (Lipinski definition) is 0. The van der Waals surface area contributed by atoms with Crippen LogP contribution >= 0.6 is 11.3 Å². The molecule has 130 valence electrons. The molecule has 0 aliphatic carbocycles. The van der Waals surface area contributed by atoms with Gasteiger partial charge in [0.05, 0.1) is 16.8 Å². The fourth-order valence-corrected chi connectivity index (χ4v) is 9.20. The molecular formula is C16H19NO4S3. The first-order valence-electron chi connectivity index (χ1n) is 7.51. The average molecular weight is 386 g/mol. The quantitative estimate of drug-likeness (QED) is 0.785. The van der Waals surface area contributed by atoms with Gasteiger partial charge in [0.2, 0.25) is 0 Å². The summed E-state index contributed by atoms with van der Waals surface area (Å²) < 4.78 is 50.3. The van der Waals surface area contributed by atoms with E-state index in [9.17, 15) is 16.8 Å². The monoisotopic (exact) mass is 385 g/mol. The summed E-state index contributed by atoms with van der Waals surface area (Å²) >= 11 is 1.13. The third kappa shape index (κ3) is 3.56. The first kappa shape index (κ1) is 17.6. The van der Waals surface area contributed by atoms with Crippen molar-refractivity contribution >= 4 is 31.0 Å². The maximum absolute atomic E-state index is 12.9. The molecule has 8 heteroatoms. The zero-order valence-corrected chi connectivity index (χ0v) is 15.6. The van der Waals surface area contributed by atoms with Gasteiger partial charge < -0.3 is 0 Å². The minimum Gasteiger partial charge on any atom is -0.297 e. The molecule has 2 heterocycles. The molecule has 1 aliphatic heterocycles. The van der Waals surface area contributed by atoms with Crippen LogP contribution in [0, 0.1) is 0 Å². The predicted octanol–water partition coefficient (Wildman–Crippen LogP) is 1.82. The maximum atomic E-state index is 12.9. The van der Waals surface area contributed by atoms with Crippen LogP contribution in [0.25, 0.3) is 0 Å². The molecule has 1 aromatic carbocycles. The summed E-state index contributed by atoms with van der Waals surface area (Å²) in [5.41, 5.74) is 1.02. The van der Waals surface area contributed by atoms with Crippen LogP contribution in [0.15, 0.2) is 52.1 Å². The van der Waals surface area contributed by atoms with Gasteiger partial charge in [-0.1, -0.05) is 36.4 Å². The van der Waals surface area contributed by atoms with Gasteiger partial charge in [-0.2, -0.15) is 0 Å². The molecular weight excluding hydrogens is 366 g/mol. The van der Waals surface area contributed by atoms with Crippen molar-refractivity contribution in [1.29, 1.82) is 0 Å². The Morgan fingerprint density at radius 2 is 1.83 bits per heavy atom. The van der Waals surface area contributed by atoms with Gasteiger partial charge in [0.1, 0.15) is 4.21 Å². The number of thiophene rings is 1. The molecule has 2 unspecified atom stereocenters. The second kappa shape index (κ2) is 6.59. The summed E-state index contributed by atoms with van der Waals surface area (Å²) in [5, 5.41) is 0.772. The Hall–Kier alpha value is -1.22. The molecule has 1 fully saturated rings. The number of sulfone groups is 2. The zero-order chi connectivity index (χ0) is 17.4. The lowest BCUT2D eigenvalue weighted by molar-refractivity contribution is 0.255. The Balaban J connectivity index is 1.90. The Morgan fingerprint density at radius 1 is 1.12 bits per heavy atom. The molecule has 0 saturated carbocycles. The minimum atomic E-state index is -3.66. The second-order valence-electron chi connectivity index (χ2n) is 6.06. The number of benzene rings is 1. The Morgan fingerprint density at radius 3 is 2.46 bits per heavy atom. The van der Waals surface area contributed by atoms with E-state index < -0.39 is 31.0 Å². The predicted molar refractivity (Wildman–Crippen MR) is 95.6 cm³/mol. The molecule has 0 radical (unpaired) electrons. The molecule has 1 aromatic heterocycles. The summed E-state index contributed by atoms with van der Waals surface area (Å²) in [6.45, 7) is 0.511. The van der Waals surface area contributed by atoms with E-state index in [1.54, 1.807) is 24.6 Å². The van der Waals surface area contributed by atoms with Crippen LogP contribution in [-0.4, -0.2) is 51.6 Å². The van der Waals surface area contributed by atoms with E-state index in [2.05, 4.69) is 0 Å². The summed E-state index contributed by atoms with van der Waals surface area (Å²) in [6.07, 6.45) is 0. The van der Waals surface area contributed by atoms with E-state index in [1.807, 2.05) is 35.2 Å². The summed E-state index contributed by atoms with van der Waals surface area (Å²) in [6, 6.07) is 12.3. The maximum Gasteiger partial charge on any atom is 0.193 e. The van der Waals surface area contributed by atoms with Gasteiger partial charge in [0, 0.05) is 12.6 Å². The Kier molecular flexibility index (Phi) is 4.83. The van der Waals surface area contributed by atoms with Crippen molar-refractivity contribution in [3.63, 3.8) is 0 Å². The van der Waals surface area contributed by atoms with E-state index >= 15 is 0 Å². The van der Waals surface area contributed by atoms with Crippen LogP contribution in [0.4, 0.5) is 0 Å². The van der Waals surface area contributed by atoms with Gasteiger partial charge in [0.25, 0.3) is 0 Å². The molecule has 5 nitrogen and oxygen atoms in total. The van der Waals surface area contributed by atoms with Gasteiger partial charge in [-0.25, -0.2) is 16.8 Å². The molecule has 1 aliphatic rings. The fourth-order valence-electron chi connectivity index (χ4n) is 3.07. The number of rotatable bonds is 5. The van der Waals surface area contributed by atoms with Crippen molar-refractivity contribution in [2.45, 2.75) is 22.0 Å². The van der Waals surface area contributed by atoms with Gasteiger partial charge in [-0.05, 0) is 24.1 Å². The highest BCUT2D eigenvalue weighted by atomic mass is 32.2. The lowest BCUT2D eigenvalue weighted by atomic mass is 10.1. The van der Waals surface area contributed by atoms with Gasteiger partial charge >= 0.3 is 0 Å². The SMILES string of the molecule is CN(Cc1ccccc1)C1CS(=O)(=O)CC1S(=O)(=O)c1cccs1. The molecule has 0 N–H and O–H groups in total. The van der Waals surface area contributed by atoms with Crippen molar-refractivity contribution in [3.05, 3.63) is 53.4 Å². The lowest BCUT2D eigenvalue weighted by Gasteiger charge is -2.28. The Bertz CT molecular complexity index is 890. The summed E-state index contributed by atoms with van der Waals surface area (Å²) in [4.78, 5) is 1.84. The standard InChI is InChI=1S/C16H19NO4S3/c1-17(10-13-6-3-2-4-7-13)14-11-23(18,19)12-15(14)24(20,21)16-8-5-9-22-16/h2-9,14-15H,10-12H2,1H3. The third-order valence-corrected chi connectivity index (χ3v) is 9.84. The summed E-state index contributed by atoms with van der Waals surface area (Å²) in [7, 11) is -5.24. The molecule has 2 atom stereocenters. The van der Waals surface area contributed by atoms with Crippen LogP contribution in [-0.2, 0) is 26.2 Å². The molecule has 24 heavy (non-hydrogen) atoms. The average Bonchev–Trinajstić information content (AvgIpc) is 3.16. The summed E-state index contributed by atoms with van der Waals surface area (Å²) in [5.74, 6) is -0.428. The van der Waals surface area contributed by atoms with Crippen LogP contribution in [0.2, 0.25) is 0 Å². The van der Waals surface area contributed by atoms with Crippen LogP contribution in [0.1, 0.15) is 5.56 Å². The third-order valence-electron chi connectivity index (χ3n) is 4.29. The molecule has 0 bridgehead atoms. The Labute approximate surface area is 146 Å². The molecule has 3 rings (SSSR count). The minimum absolute atomic E-state index is 0.119.